The second-order valence-corrected chi connectivity index (χ2v) is 6.63. The first kappa shape index (κ1) is 18.1. The van der Waals surface area contributed by atoms with Crippen molar-refractivity contribution in [1.82, 2.24) is 9.97 Å². The van der Waals surface area contributed by atoms with Crippen molar-refractivity contribution in [2.75, 3.05) is 0 Å². The highest BCUT2D eigenvalue weighted by Crippen LogP contribution is 2.33. The largest absolute Gasteiger partial charge is 0.261 e. The van der Waals surface area contributed by atoms with E-state index in [1.807, 2.05) is 12.4 Å². The molecule has 2 nitrogen and oxygen atoms in total. The molecule has 21 heavy (non-hydrogen) atoms. The molecule has 0 saturated heterocycles. The molecule has 0 radical (unpaired) electrons. The molecule has 1 heterocycles. The van der Waals surface area contributed by atoms with Crippen molar-refractivity contribution >= 4 is 0 Å². The van der Waals surface area contributed by atoms with E-state index in [9.17, 15) is 0 Å². The van der Waals surface area contributed by atoms with Gasteiger partial charge in [0.2, 0.25) is 0 Å². The highest BCUT2D eigenvalue weighted by Gasteiger charge is 2.27. The summed E-state index contributed by atoms with van der Waals surface area (Å²) in [4.78, 5) is 8.89. The van der Waals surface area contributed by atoms with E-state index in [1.165, 1.54) is 76.3 Å². The van der Waals surface area contributed by atoms with Crippen LogP contribution in [0.4, 0.5) is 0 Å². The van der Waals surface area contributed by atoms with Crippen LogP contribution in [0.25, 0.3) is 0 Å². The number of nitrogens with zero attached hydrogens (tertiary/aromatic N) is 2. The third-order valence-electron chi connectivity index (χ3n) is 4.60. The van der Waals surface area contributed by atoms with Crippen LogP contribution < -0.4 is 0 Å². The zero-order valence-electron chi connectivity index (χ0n) is 14.4. The normalized spacial score (nSPS) is 14.0. The standard InChI is InChI=1S/C19H34N2/c1-4-6-8-10-12-14-19(3,13-11-9-7-5-2)18-17-20-15-16-21-18/h15-17H,4-14H2,1-3H3. The Balaban J connectivity index is 2.52. The van der Waals surface area contributed by atoms with Gasteiger partial charge in [0.05, 0.1) is 5.69 Å². The van der Waals surface area contributed by atoms with Crippen molar-refractivity contribution in [3.63, 3.8) is 0 Å². The quantitative estimate of drug-likeness (QED) is 0.437. The average molecular weight is 290 g/mol. The minimum absolute atomic E-state index is 0.216. The summed E-state index contributed by atoms with van der Waals surface area (Å²) >= 11 is 0. The van der Waals surface area contributed by atoms with Crippen LogP contribution in [0.5, 0.6) is 0 Å². The fourth-order valence-corrected chi connectivity index (χ4v) is 3.05. The molecule has 2 heteroatoms. The summed E-state index contributed by atoms with van der Waals surface area (Å²) in [7, 11) is 0. The lowest BCUT2D eigenvalue weighted by atomic mass is 9.77. The second-order valence-electron chi connectivity index (χ2n) is 6.63. The first-order valence-corrected chi connectivity index (χ1v) is 8.99. The van der Waals surface area contributed by atoms with E-state index >= 15 is 0 Å². The summed E-state index contributed by atoms with van der Waals surface area (Å²) in [5.74, 6) is 0. The van der Waals surface area contributed by atoms with Gasteiger partial charge in [0.1, 0.15) is 0 Å². The summed E-state index contributed by atoms with van der Waals surface area (Å²) < 4.78 is 0. The molecule has 1 aromatic heterocycles. The number of rotatable bonds is 12. The molecule has 0 saturated carbocycles. The number of hydrogen-bond acceptors (Lipinski definition) is 2. The molecule has 0 fully saturated rings. The highest BCUT2D eigenvalue weighted by molar-refractivity contribution is 5.11. The van der Waals surface area contributed by atoms with Gasteiger partial charge < -0.3 is 0 Å². The molecule has 120 valence electrons. The monoisotopic (exact) mass is 290 g/mol. The first-order valence-electron chi connectivity index (χ1n) is 8.99. The van der Waals surface area contributed by atoms with Gasteiger partial charge in [0.25, 0.3) is 0 Å². The summed E-state index contributed by atoms with van der Waals surface area (Å²) in [5.41, 5.74) is 1.41. The molecule has 0 aliphatic heterocycles. The molecule has 0 aromatic carbocycles. The fraction of sp³-hybridized carbons (Fsp3) is 0.789. The zero-order chi connectivity index (χ0) is 15.4. The van der Waals surface area contributed by atoms with Gasteiger partial charge in [0, 0.05) is 24.0 Å². The summed E-state index contributed by atoms with van der Waals surface area (Å²) in [6.07, 6.45) is 20.2. The Bertz CT molecular complexity index is 350. The lowest BCUT2D eigenvalue weighted by Gasteiger charge is -2.29. The third kappa shape index (κ3) is 7.06. The predicted molar refractivity (Wildman–Crippen MR) is 91.5 cm³/mol. The minimum Gasteiger partial charge on any atom is -0.261 e. The SMILES string of the molecule is CCCCCCCC(C)(CCCCCC)c1cnccn1. The van der Waals surface area contributed by atoms with E-state index in [0.29, 0.717) is 0 Å². The smallest absolute Gasteiger partial charge is 0.0645 e. The van der Waals surface area contributed by atoms with E-state index in [1.54, 1.807) is 6.20 Å². The Labute approximate surface area is 131 Å². The van der Waals surface area contributed by atoms with E-state index in [0.717, 1.165) is 0 Å². The molecule has 1 atom stereocenters. The van der Waals surface area contributed by atoms with Crippen LogP contribution in [-0.4, -0.2) is 9.97 Å². The Morgan fingerprint density at radius 2 is 1.38 bits per heavy atom. The third-order valence-corrected chi connectivity index (χ3v) is 4.60. The van der Waals surface area contributed by atoms with Gasteiger partial charge in [-0.3, -0.25) is 9.97 Å². The van der Waals surface area contributed by atoms with Gasteiger partial charge in [-0.05, 0) is 12.8 Å². The molecule has 0 amide bonds. The molecular formula is C19H34N2. The van der Waals surface area contributed by atoms with Crippen molar-refractivity contribution in [2.45, 2.75) is 96.8 Å². The molecule has 0 N–H and O–H groups in total. The van der Waals surface area contributed by atoms with Gasteiger partial charge in [0.15, 0.2) is 0 Å². The lowest BCUT2D eigenvalue weighted by molar-refractivity contribution is 0.354. The number of aromatic nitrogens is 2. The molecular weight excluding hydrogens is 256 g/mol. The Hall–Kier alpha value is -0.920. The van der Waals surface area contributed by atoms with E-state index in [4.69, 9.17) is 0 Å². The van der Waals surface area contributed by atoms with Gasteiger partial charge >= 0.3 is 0 Å². The number of unbranched alkanes of at least 4 members (excludes halogenated alkanes) is 7. The van der Waals surface area contributed by atoms with E-state index in [-0.39, 0.29) is 5.41 Å². The maximum Gasteiger partial charge on any atom is 0.0645 e. The topological polar surface area (TPSA) is 25.8 Å². The van der Waals surface area contributed by atoms with Crippen LogP contribution in [0, 0.1) is 0 Å². The Kier molecular flexibility index (Phi) is 9.29. The molecule has 0 aliphatic rings. The summed E-state index contributed by atoms with van der Waals surface area (Å²) in [5, 5.41) is 0. The zero-order valence-corrected chi connectivity index (χ0v) is 14.4. The lowest BCUT2D eigenvalue weighted by Crippen LogP contribution is -2.23. The van der Waals surface area contributed by atoms with E-state index in [2.05, 4.69) is 30.7 Å². The van der Waals surface area contributed by atoms with Crippen LogP contribution >= 0.6 is 0 Å². The van der Waals surface area contributed by atoms with Crippen molar-refractivity contribution in [3.05, 3.63) is 24.3 Å². The molecule has 1 aromatic rings. The van der Waals surface area contributed by atoms with Crippen LogP contribution in [0.15, 0.2) is 18.6 Å². The molecule has 1 rings (SSSR count). The van der Waals surface area contributed by atoms with Crippen LogP contribution in [-0.2, 0) is 5.41 Å². The first-order chi connectivity index (χ1) is 10.2. The second kappa shape index (κ2) is 10.8. The maximum absolute atomic E-state index is 4.60. The highest BCUT2D eigenvalue weighted by atomic mass is 14.8. The van der Waals surface area contributed by atoms with Gasteiger partial charge in [-0.1, -0.05) is 78.6 Å². The van der Waals surface area contributed by atoms with Crippen molar-refractivity contribution in [3.8, 4) is 0 Å². The maximum atomic E-state index is 4.60. The fourth-order valence-electron chi connectivity index (χ4n) is 3.05. The summed E-state index contributed by atoms with van der Waals surface area (Å²) in [6.45, 7) is 6.94. The Morgan fingerprint density at radius 3 is 1.90 bits per heavy atom. The van der Waals surface area contributed by atoms with Crippen molar-refractivity contribution in [2.24, 2.45) is 0 Å². The molecule has 0 spiro atoms. The van der Waals surface area contributed by atoms with Gasteiger partial charge in [-0.15, -0.1) is 0 Å². The Morgan fingerprint density at radius 1 is 0.810 bits per heavy atom. The predicted octanol–water partition coefficient (Wildman–Crippen LogP) is 6.07. The molecule has 0 bridgehead atoms. The molecule has 1 unspecified atom stereocenters. The van der Waals surface area contributed by atoms with Crippen molar-refractivity contribution < 1.29 is 0 Å². The minimum atomic E-state index is 0.216. The van der Waals surface area contributed by atoms with Gasteiger partial charge in [-0.2, -0.15) is 0 Å². The van der Waals surface area contributed by atoms with E-state index < -0.39 is 0 Å². The van der Waals surface area contributed by atoms with Crippen LogP contribution in [0.3, 0.4) is 0 Å². The molecule has 0 aliphatic carbocycles. The van der Waals surface area contributed by atoms with Gasteiger partial charge in [-0.25, -0.2) is 0 Å². The summed E-state index contributed by atoms with van der Waals surface area (Å²) in [6, 6.07) is 0. The van der Waals surface area contributed by atoms with Crippen LogP contribution in [0.2, 0.25) is 0 Å². The average Bonchev–Trinajstić information content (AvgIpc) is 2.52. The van der Waals surface area contributed by atoms with Crippen LogP contribution in [0.1, 0.15) is 97.1 Å². The van der Waals surface area contributed by atoms with Crippen molar-refractivity contribution in [1.29, 1.82) is 0 Å². The number of hydrogen-bond donors (Lipinski definition) is 0.